The summed E-state index contributed by atoms with van der Waals surface area (Å²) in [7, 11) is 1.61. The Hall–Kier alpha value is -3.15. The van der Waals surface area contributed by atoms with Gasteiger partial charge in [-0.3, -0.25) is 9.59 Å². The van der Waals surface area contributed by atoms with Gasteiger partial charge in [0.15, 0.2) is 0 Å². The number of hydrogen-bond acceptors (Lipinski definition) is 4. The van der Waals surface area contributed by atoms with E-state index in [1.807, 2.05) is 61.5 Å². The lowest BCUT2D eigenvalue weighted by Crippen LogP contribution is -2.30. The maximum absolute atomic E-state index is 12.4. The highest BCUT2D eigenvalue weighted by atomic mass is 16.5. The van der Waals surface area contributed by atoms with Crippen LogP contribution in [0.15, 0.2) is 59.7 Å². The van der Waals surface area contributed by atoms with Crippen molar-refractivity contribution in [2.45, 2.75) is 19.9 Å². The topological polar surface area (TPSA) is 71.0 Å². The van der Waals surface area contributed by atoms with Crippen LogP contribution in [0.3, 0.4) is 0 Å². The van der Waals surface area contributed by atoms with Gasteiger partial charge in [-0.25, -0.2) is 5.43 Å². The molecule has 0 saturated carbocycles. The summed E-state index contributed by atoms with van der Waals surface area (Å²) in [5.41, 5.74) is 5.24. The van der Waals surface area contributed by atoms with Gasteiger partial charge in [0.2, 0.25) is 11.8 Å². The average Bonchev–Trinajstić information content (AvgIpc) is 3.07. The first kappa shape index (κ1) is 18.6. The zero-order valence-corrected chi connectivity index (χ0v) is 15.5. The van der Waals surface area contributed by atoms with Gasteiger partial charge in [0, 0.05) is 19.5 Å². The van der Waals surface area contributed by atoms with E-state index in [-0.39, 0.29) is 24.2 Å². The van der Waals surface area contributed by atoms with Crippen molar-refractivity contribution < 1.29 is 14.3 Å². The van der Waals surface area contributed by atoms with E-state index in [0.29, 0.717) is 18.8 Å². The third-order valence-corrected chi connectivity index (χ3v) is 4.64. The molecule has 2 amide bonds. The molecular formula is C21H23N3O3. The Kier molecular flexibility index (Phi) is 5.86. The summed E-state index contributed by atoms with van der Waals surface area (Å²) in [6.45, 7) is 2.76. The molecule has 6 nitrogen and oxygen atoms in total. The standard InChI is InChI=1S/C21H23N3O3/c1-15(17-8-10-19(27-2)11-9-17)22-23-21(26)18-12-20(25)24(14-18)13-16-6-4-3-5-7-16/h3-11,18H,12-14H2,1-2H3,(H,23,26)/b22-15+. The average molecular weight is 365 g/mol. The highest BCUT2D eigenvalue weighted by molar-refractivity contribution is 5.99. The van der Waals surface area contributed by atoms with Crippen molar-refractivity contribution in [2.75, 3.05) is 13.7 Å². The van der Waals surface area contributed by atoms with Crippen molar-refractivity contribution in [3.8, 4) is 5.75 Å². The molecule has 1 aliphatic heterocycles. The van der Waals surface area contributed by atoms with Gasteiger partial charge in [0.1, 0.15) is 5.75 Å². The molecule has 2 aromatic rings. The van der Waals surface area contributed by atoms with Crippen molar-refractivity contribution in [1.29, 1.82) is 0 Å². The number of hydrazone groups is 1. The molecule has 3 rings (SSSR count). The monoisotopic (exact) mass is 365 g/mol. The Labute approximate surface area is 158 Å². The van der Waals surface area contributed by atoms with Gasteiger partial charge in [-0.2, -0.15) is 5.10 Å². The molecule has 0 spiro atoms. The van der Waals surface area contributed by atoms with Crippen molar-refractivity contribution in [2.24, 2.45) is 11.0 Å². The maximum Gasteiger partial charge on any atom is 0.245 e. The smallest absolute Gasteiger partial charge is 0.245 e. The van der Waals surface area contributed by atoms with Crippen LogP contribution in [0.2, 0.25) is 0 Å². The van der Waals surface area contributed by atoms with Crippen molar-refractivity contribution in [3.05, 3.63) is 65.7 Å². The summed E-state index contributed by atoms with van der Waals surface area (Å²) >= 11 is 0. The first-order valence-electron chi connectivity index (χ1n) is 8.87. The second-order valence-corrected chi connectivity index (χ2v) is 6.56. The Morgan fingerprint density at radius 1 is 1.19 bits per heavy atom. The summed E-state index contributed by atoms with van der Waals surface area (Å²) in [6, 6.07) is 17.2. The molecule has 0 bridgehead atoms. The van der Waals surface area contributed by atoms with Gasteiger partial charge in [-0.15, -0.1) is 0 Å². The molecule has 0 radical (unpaired) electrons. The van der Waals surface area contributed by atoms with Crippen LogP contribution >= 0.6 is 0 Å². The van der Waals surface area contributed by atoms with E-state index in [0.717, 1.165) is 16.9 Å². The number of nitrogens with one attached hydrogen (secondary N) is 1. The summed E-state index contributed by atoms with van der Waals surface area (Å²) < 4.78 is 5.13. The molecule has 1 unspecified atom stereocenters. The van der Waals surface area contributed by atoms with Crippen LogP contribution in [0.1, 0.15) is 24.5 Å². The zero-order chi connectivity index (χ0) is 19.2. The number of amides is 2. The van der Waals surface area contributed by atoms with Crippen LogP contribution in [0.4, 0.5) is 0 Å². The van der Waals surface area contributed by atoms with E-state index in [2.05, 4.69) is 10.5 Å². The van der Waals surface area contributed by atoms with E-state index >= 15 is 0 Å². The fourth-order valence-electron chi connectivity index (χ4n) is 3.03. The lowest BCUT2D eigenvalue weighted by Gasteiger charge is -2.16. The normalized spacial score (nSPS) is 17.1. The van der Waals surface area contributed by atoms with Crippen LogP contribution in [-0.4, -0.2) is 36.1 Å². The van der Waals surface area contributed by atoms with Crippen LogP contribution < -0.4 is 10.2 Å². The molecule has 140 valence electrons. The zero-order valence-electron chi connectivity index (χ0n) is 15.5. The fraction of sp³-hybridized carbons (Fsp3) is 0.286. The van der Waals surface area contributed by atoms with Crippen molar-refractivity contribution in [3.63, 3.8) is 0 Å². The number of carbonyl (C=O) groups excluding carboxylic acids is 2. The summed E-state index contributed by atoms with van der Waals surface area (Å²) in [6.07, 6.45) is 0.218. The Balaban J connectivity index is 1.57. The molecule has 1 saturated heterocycles. The molecule has 1 atom stereocenters. The van der Waals surface area contributed by atoms with Gasteiger partial charge in [0.05, 0.1) is 18.7 Å². The van der Waals surface area contributed by atoms with Gasteiger partial charge < -0.3 is 9.64 Å². The van der Waals surface area contributed by atoms with Gasteiger partial charge in [0.25, 0.3) is 0 Å². The van der Waals surface area contributed by atoms with E-state index < -0.39 is 0 Å². The number of ether oxygens (including phenoxy) is 1. The van der Waals surface area contributed by atoms with Gasteiger partial charge in [-0.05, 0) is 42.3 Å². The molecule has 2 aromatic carbocycles. The first-order valence-corrected chi connectivity index (χ1v) is 8.87. The van der Waals surface area contributed by atoms with Crippen LogP contribution in [0.25, 0.3) is 0 Å². The minimum Gasteiger partial charge on any atom is -0.497 e. The number of hydrogen-bond donors (Lipinski definition) is 1. The molecule has 0 aliphatic carbocycles. The number of nitrogens with zero attached hydrogens (tertiary/aromatic N) is 2. The highest BCUT2D eigenvalue weighted by Crippen LogP contribution is 2.20. The molecule has 6 heteroatoms. The Morgan fingerprint density at radius 2 is 1.89 bits per heavy atom. The lowest BCUT2D eigenvalue weighted by molar-refractivity contribution is -0.129. The van der Waals surface area contributed by atoms with Crippen LogP contribution in [-0.2, 0) is 16.1 Å². The van der Waals surface area contributed by atoms with Crippen molar-refractivity contribution >= 4 is 17.5 Å². The molecule has 1 N–H and O–H groups in total. The van der Waals surface area contributed by atoms with Gasteiger partial charge in [-0.1, -0.05) is 30.3 Å². The number of likely N-dealkylation sites (tertiary alicyclic amines) is 1. The number of rotatable bonds is 6. The third-order valence-electron chi connectivity index (χ3n) is 4.64. The fourth-order valence-corrected chi connectivity index (χ4v) is 3.03. The lowest BCUT2D eigenvalue weighted by atomic mass is 10.1. The number of methoxy groups -OCH3 is 1. The summed E-state index contributed by atoms with van der Waals surface area (Å²) in [5.74, 6) is 0.147. The predicted octanol–water partition coefficient (Wildman–Crippen LogP) is 2.58. The van der Waals surface area contributed by atoms with E-state index in [1.165, 1.54) is 0 Å². The van der Waals surface area contributed by atoms with Crippen molar-refractivity contribution in [1.82, 2.24) is 10.3 Å². The second kappa shape index (κ2) is 8.49. The van der Waals surface area contributed by atoms with E-state index in [1.54, 1.807) is 12.0 Å². The Morgan fingerprint density at radius 3 is 2.56 bits per heavy atom. The predicted molar refractivity (Wildman–Crippen MR) is 103 cm³/mol. The molecule has 1 heterocycles. The molecule has 1 aliphatic rings. The van der Waals surface area contributed by atoms with E-state index in [9.17, 15) is 9.59 Å². The van der Waals surface area contributed by atoms with Gasteiger partial charge >= 0.3 is 0 Å². The summed E-state index contributed by atoms with van der Waals surface area (Å²) in [4.78, 5) is 26.3. The van der Waals surface area contributed by atoms with Crippen LogP contribution in [0, 0.1) is 5.92 Å². The maximum atomic E-state index is 12.4. The quantitative estimate of drug-likeness (QED) is 0.632. The minimum atomic E-state index is -0.381. The molecule has 27 heavy (non-hydrogen) atoms. The Bertz CT molecular complexity index is 832. The highest BCUT2D eigenvalue weighted by Gasteiger charge is 2.34. The molecule has 0 aromatic heterocycles. The second-order valence-electron chi connectivity index (χ2n) is 6.56. The van der Waals surface area contributed by atoms with Crippen LogP contribution in [0.5, 0.6) is 5.75 Å². The number of carbonyl (C=O) groups is 2. The molecule has 1 fully saturated rings. The minimum absolute atomic E-state index is 0.00476. The van der Waals surface area contributed by atoms with E-state index in [4.69, 9.17) is 4.74 Å². The SMILES string of the molecule is COc1ccc(/C(C)=N/NC(=O)C2CC(=O)N(Cc3ccccc3)C2)cc1. The largest absolute Gasteiger partial charge is 0.497 e. The third kappa shape index (κ3) is 4.73. The first-order chi connectivity index (χ1) is 13.1. The molecular weight excluding hydrogens is 342 g/mol. The summed E-state index contributed by atoms with van der Waals surface area (Å²) in [5, 5.41) is 4.17. The number of benzene rings is 2.